The van der Waals surface area contributed by atoms with Crippen LogP contribution in [-0.2, 0) is 13.1 Å². The zero-order valence-electron chi connectivity index (χ0n) is 20.3. The highest BCUT2D eigenvalue weighted by Crippen LogP contribution is 2.33. The summed E-state index contributed by atoms with van der Waals surface area (Å²) in [7, 11) is 1.62. The molecule has 0 bridgehead atoms. The second-order valence-electron chi connectivity index (χ2n) is 9.26. The van der Waals surface area contributed by atoms with Crippen molar-refractivity contribution in [2.24, 2.45) is 0 Å². The second kappa shape index (κ2) is 10.4. The first kappa shape index (κ1) is 23.3. The van der Waals surface area contributed by atoms with Gasteiger partial charge in [0.15, 0.2) is 5.82 Å². The van der Waals surface area contributed by atoms with Crippen LogP contribution < -0.4 is 10.3 Å². The van der Waals surface area contributed by atoms with Crippen molar-refractivity contribution in [3.05, 3.63) is 70.2 Å². The molecule has 1 atom stereocenters. The number of furan rings is 1. The van der Waals surface area contributed by atoms with Crippen LogP contribution in [0.1, 0.15) is 74.7 Å². The van der Waals surface area contributed by atoms with E-state index in [-0.39, 0.29) is 11.6 Å². The summed E-state index contributed by atoms with van der Waals surface area (Å²) < 4.78 is 13.0. The summed E-state index contributed by atoms with van der Waals surface area (Å²) in [5.41, 5.74) is 1.32. The molecule has 4 aromatic rings. The van der Waals surface area contributed by atoms with Crippen LogP contribution in [0.15, 0.2) is 51.9 Å². The van der Waals surface area contributed by atoms with Gasteiger partial charge in [-0.2, -0.15) is 0 Å². The van der Waals surface area contributed by atoms with Gasteiger partial charge in [0, 0.05) is 18.2 Å². The SMILES string of the molecule is CC[C@@H](c1nnnn1C1CCCCC1)N(Cc1ccco1)Cc1cc2ccc(OC)cc2[nH]c1=O. The number of hydrogen-bond acceptors (Lipinski definition) is 7. The predicted octanol–water partition coefficient (Wildman–Crippen LogP) is 4.77. The number of nitrogens with zero attached hydrogens (tertiary/aromatic N) is 5. The average Bonchev–Trinajstić information content (AvgIpc) is 3.58. The summed E-state index contributed by atoms with van der Waals surface area (Å²) in [6.07, 6.45) is 8.35. The molecule has 1 saturated carbocycles. The molecule has 9 nitrogen and oxygen atoms in total. The zero-order chi connectivity index (χ0) is 24.2. The Morgan fingerprint density at radius 1 is 1.20 bits per heavy atom. The fraction of sp³-hybridized carbons (Fsp3) is 0.462. The van der Waals surface area contributed by atoms with Crippen molar-refractivity contribution in [3.63, 3.8) is 0 Å². The number of tetrazole rings is 1. The van der Waals surface area contributed by atoms with E-state index in [2.05, 4.69) is 32.3 Å². The van der Waals surface area contributed by atoms with Crippen molar-refractivity contribution in [3.8, 4) is 5.75 Å². The van der Waals surface area contributed by atoms with Crippen LogP contribution in [0.25, 0.3) is 10.9 Å². The molecule has 35 heavy (non-hydrogen) atoms. The monoisotopic (exact) mass is 476 g/mol. The van der Waals surface area contributed by atoms with Gasteiger partial charge in [-0.05, 0) is 65.4 Å². The first-order valence-corrected chi connectivity index (χ1v) is 12.4. The minimum Gasteiger partial charge on any atom is -0.497 e. The smallest absolute Gasteiger partial charge is 0.252 e. The Labute approximate surface area is 204 Å². The van der Waals surface area contributed by atoms with Gasteiger partial charge in [0.1, 0.15) is 11.5 Å². The lowest BCUT2D eigenvalue weighted by molar-refractivity contribution is 0.144. The molecule has 0 aliphatic heterocycles. The van der Waals surface area contributed by atoms with E-state index in [1.54, 1.807) is 13.4 Å². The Morgan fingerprint density at radius 3 is 2.80 bits per heavy atom. The predicted molar refractivity (Wildman–Crippen MR) is 132 cm³/mol. The van der Waals surface area contributed by atoms with E-state index in [1.807, 2.05) is 41.1 Å². The molecule has 9 heteroatoms. The molecule has 1 N–H and O–H groups in total. The second-order valence-corrected chi connectivity index (χ2v) is 9.26. The Hall–Kier alpha value is -3.46. The van der Waals surface area contributed by atoms with E-state index in [0.717, 1.165) is 41.8 Å². The Bertz CT molecular complexity index is 1310. The first-order chi connectivity index (χ1) is 17.2. The molecule has 1 aliphatic rings. The Balaban J connectivity index is 1.50. The third-order valence-electron chi connectivity index (χ3n) is 7.01. The van der Waals surface area contributed by atoms with Crippen molar-refractivity contribution in [1.29, 1.82) is 0 Å². The number of rotatable bonds is 9. The van der Waals surface area contributed by atoms with Gasteiger partial charge in [-0.15, -0.1) is 5.10 Å². The normalized spacial score (nSPS) is 15.6. The molecular weight excluding hydrogens is 444 g/mol. The highest BCUT2D eigenvalue weighted by atomic mass is 16.5. The maximum absolute atomic E-state index is 13.1. The summed E-state index contributed by atoms with van der Waals surface area (Å²) in [4.78, 5) is 18.4. The lowest BCUT2D eigenvalue weighted by atomic mass is 9.95. The van der Waals surface area contributed by atoms with Crippen LogP contribution in [0.4, 0.5) is 0 Å². The maximum atomic E-state index is 13.1. The number of nitrogens with one attached hydrogen (secondary N) is 1. The molecule has 0 radical (unpaired) electrons. The van der Waals surface area contributed by atoms with Gasteiger partial charge in [0.2, 0.25) is 0 Å². The number of H-pyrrole nitrogens is 1. The van der Waals surface area contributed by atoms with Crippen LogP contribution in [-0.4, -0.2) is 37.2 Å². The van der Waals surface area contributed by atoms with E-state index >= 15 is 0 Å². The van der Waals surface area contributed by atoms with Gasteiger partial charge in [0.25, 0.3) is 5.56 Å². The molecule has 3 aromatic heterocycles. The van der Waals surface area contributed by atoms with E-state index in [4.69, 9.17) is 9.15 Å². The number of methoxy groups -OCH3 is 1. The highest BCUT2D eigenvalue weighted by Gasteiger charge is 2.29. The standard InChI is InChI=1S/C26H32N6O3/c1-3-24(25-28-29-30-32(25)20-8-5-4-6-9-20)31(17-22-10-7-13-35-22)16-19-14-18-11-12-21(34-2)15-23(18)27-26(19)33/h7,10-15,20,24H,3-6,8-9,16-17H2,1-2H3,(H,27,33)/t24-/m0/s1. The molecule has 5 rings (SSSR count). The van der Waals surface area contributed by atoms with E-state index in [0.29, 0.717) is 30.4 Å². The van der Waals surface area contributed by atoms with Crippen LogP contribution in [0.2, 0.25) is 0 Å². The number of benzene rings is 1. The Morgan fingerprint density at radius 2 is 2.06 bits per heavy atom. The van der Waals surface area contributed by atoms with Crippen LogP contribution >= 0.6 is 0 Å². The number of fused-ring (bicyclic) bond motifs is 1. The molecule has 0 unspecified atom stereocenters. The largest absolute Gasteiger partial charge is 0.497 e. The number of aromatic nitrogens is 5. The number of ether oxygens (including phenoxy) is 1. The van der Waals surface area contributed by atoms with Crippen molar-refractivity contribution < 1.29 is 9.15 Å². The molecule has 0 saturated heterocycles. The number of aromatic amines is 1. The topological polar surface area (TPSA) is 102 Å². The number of hydrogen-bond donors (Lipinski definition) is 1. The van der Waals surface area contributed by atoms with Gasteiger partial charge < -0.3 is 14.1 Å². The molecule has 184 valence electrons. The molecule has 0 spiro atoms. The first-order valence-electron chi connectivity index (χ1n) is 12.4. The van der Waals surface area contributed by atoms with Crippen molar-refractivity contribution >= 4 is 10.9 Å². The third-order valence-corrected chi connectivity index (χ3v) is 7.01. The fourth-order valence-corrected chi connectivity index (χ4v) is 5.18. The third kappa shape index (κ3) is 5.00. The van der Waals surface area contributed by atoms with Gasteiger partial charge >= 0.3 is 0 Å². The summed E-state index contributed by atoms with van der Waals surface area (Å²) in [5.74, 6) is 2.40. The van der Waals surface area contributed by atoms with Crippen LogP contribution in [0.3, 0.4) is 0 Å². The van der Waals surface area contributed by atoms with E-state index in [1.165, 1.54) is 19.3 Å². The molecule has 0 amide bonds. The van der Waals surface area contributed by atoms with Crippen molar-refractivity contribution in [2.75, 3.05) is 7.11 Å². The van der Waals surface area contributed by atoms with Crippen molar-refractivity contribution in [2.45, 2.75) is 70.6 Å². The van der Waals surface area contributed by atoms with Gasteiger partial charge in [-0.25, -0.2) is 4.68 Å². The number of pyridine rings is 1. The minimum atomic E-state index is -0.114. The zero-order valence-corrected chi connectivity index (χ0v) is 20.3. The van der Waals surface area contributed by atoms with Gasteiger partial charge in [-0.3, -0.25) is 9.69 Å². The van der Waals surface area contributed by atoms with E-state index in [9.17, 15) is 4.79 Å². The molecule has 1 aromatic carbocycles. The van der Waals surface area contributed by atoms with Gasteiger partial charge in [-0.1, -0.05) is 26.2 Å². The van der Waals surface area contributed by atoms with Crippen molar-refractivity contribution in [1.82, 2.24) is 30.1 Å². The molecular formula is C26H32N6O3. The summed E-state index contributed by atoms with van der Waals surface area (Å²) in [6.45, 7) is 3.12. The summed E-state index contributed by atoms with van der Waals surface area (Å²) >= 11 is 0. The Kier molecular flexibility index (Phi) is 6.94. The van der Waals surface area contributed by atoms with Crippen LogP contribution in [0, 0.1) is 0 Å². The molecule has 3 heterocycles. The molecule has 1 fully saturated rings. The lowest BCUT2D eigenvalue weighted by Gasteiger charge is -2.31. The lowest BCUT2D eigenvalue weighted by Crippen LogP contribution is -2.33. The van der Waals surface area contributed by atoms with E-state index < -0.39 is 0 Å². The fourth-order valence-electron chi connectivity index (χ4n) is 5.18. The highest BCUT2D eigenvalue weighted by molar-refractivity contribution is 5.80. The van der Waals surface area contributed by atoms with Crippen LogP contribution in [0.5, 0.6) is 5.75 Å². The summed E-state index contributed by atoms with van der Waals surface area (Å²) in [5, 5.41) is 13.9. The van der Waals surface area contributed by atoms with Gasteiger partial charge in [0.05, 0.1) is 37.5 Å². The minimum absolute atomic E-state index is 0.0667. The maximum Gasteiger partial charge on any atom is 0.252 e. The average molecular weight is 477 g/mol. The quantitative estimate of drug-likeness (QED) is 0.371. The summed E-state index contributed by atoms with van der Waals surface area (Å²) in [6, 6.07) is 11.8. The molecule has 1 aliphatic carbocycles.